The van der Waals surface area contributed by atoms with Gasteiger partial charge in [0.15, 0.2) is 0 Å². The van der Waals surface area contributed by atoms with Crippen molar-refractivity contribution in [2.75, 3.05) is 0 Å². The summed E-state index contributed by atoms with van der Waals surface area (Å²) in [6.07, 6.45) is 3.38. The number of halogens is 1. The normalized spacial score (nSPS) is 11.3. The monoisotopic (exact) mass is 465 g/mol. The second kappa shape index (κ2) is 8.46. The topological polar surface area (TPSA) is 86.7 Å². The highest BCUT2D eigenvalue weighted by Crippen LogP contribution is 2.23. The highest BCUT2D eigenvalue weighted by atomic mass is 79.9. The number of aryl methyl sites for hydroxylation is 1. The molecular formula is C22H16BrN3O4. The molecule has 2 aromatic carbocycles. The van der Waals surface area contributed by atoms with Crippen LogP contribution in [0.2, 0.25) is 0 Å². The van der Waals surface area contributed by atoms with Gasteiger partial charge in [0.1, 0.15) is 11.6 Å². The Bertz CT molecular complexity index is 1310. The molecule has 2 aromatic heterocycles. The Morgan fingerprint density at radius 3 is 2.83 bits per heavy atom. The van der Waals surface area contributed by atoms with Gasteiger partial charge in [-0.05, 0) is 42.5 Å². The van der Waals surface area contributed by atoms with Crippen molar-refractivity contribution in [3.8, 4) is 5.75 Å². The lowest BCUT2D eigenvalue weighted by Crippen LogP contribution is -2.22. The lowest BCUT2D eigenvalue weighted by molar-refractivity contribution is 0.0701. The third-order valence-corrected chi connectivity index (χ3v) is 4.84. The van der Waals surface area contributed by atoms with Crippen LogP contribution in [0.25, 0.3) is 10.9 Å². The molecular weight excluding hydrogens is 450 g/mol. The Morgan fingerprint density at radius 2 is 2.07 bits per heavy atom. The van der Waals surface area contributed by atoms with Crippen molar-refractivity contribution in [1.82, 2.24) is 9.66 Å². The number of benzene rings is 2. The van der Waals surface area contributed by atoms with Gasteiger partial charge in [-0.25, -0.2) is 9.78 Å². The Kier molecular flexibility index (Phi) is 5.58. The van der Waals surface area contributed by atoms with Crippen LogP contribution in [-0.4, -0.2) is 21.8 Å². The van der Waals surface area contributed by atoms with E-state index in [1.807, 2.05) is 13.0 Å². The first kappa shape index (κ1) is 19.8. The van der Waals surface area contributed by atoms with Crippen LogP contribution < -0.4 is 10.3 Å². The molecule has 7 nitrogen and oxygen atoms in total. The number of rotatable bonds is 5. The number of carbonyl (C=O) groups excluding carboxylic acids is 1. The van der Waals surface area contributed by atoms with Crippen LogP contribution in [0, 0.1) is 0 Å². The molecule has 0 aliphatic rings. The summed E-state index contributed by atoms with van der Waals surface area (Å²) in [5.74, 6) is 0.266. The van der Waals surface area contributed by atoms with Gasteiger partial charge in [-0.15, -0.1) is 0 Å². The Morgan fingerprint density at radius 1 is 1.23 bits per heavy atom. The molecule has 0 atom stereocenters. The molecule has 0 amide bonds. The molecule has 4 rings (SSSR count). The molecule has 30 heavy (non-hydrogen) atoms. The smallest absolute Gasteiger partial charge is 0.379 e. The number of nitrogens with zero attached hydrogens (tertiary/aromatic N) is 3. The molecule has 0 saturated carbocycles. The second-order valence-electron chi connectivity index (χ2n) is 6.31. The fraction of sp³-hybridized carbons (Fsp3) is 0.0909. The van der Waals surface area contributed by atoms with Crippen molar-refractivity contribution in [1.29, 1.82) is 0 Å². The third kappa shape index (κ3) is 3.95. The van der Waals surface area contributed by atoms with Crippen LogP contribution in [0.15, 0.2) is 79.6 Å². The minimum Gasteiger partial charge on any atom is -0.457 e. The number of ether oxygens (including phenoxy) is 1. The van der Waals surface area contributed by atoms with Gasteiger partial charge in [-0.3, -0.25) is 4.79 Å². The maximum Gasteiger partial charge on any atom is 0.379 e. The standard InChI is InChI=1S/C22H16BrN3O4/c1-2-20-25-17-7-4-3-6-16(17)21(27)26(20)24-13-14-12-15(23)9-10-18(14)30-22(28)19-8-5-11-29-19/h3-13H,2H2,1H3. The summed E-state index contributed by atoms with van der Waals surface area (Å²) in [7, 11) is 0. The molecule has 0 spiro atoms. The van der Waals surface area contributed by atoms with E-state index in [4.69, 9.17) is 9.15 Å². The molecule has 0 bridgehead atoms. The number of hydrogen-bond acceptors (Lipinski definition) is 6. The van der Waals surface area contributed by atoms with Crippen molar-refractivity contribution in [3.05, 3.63) is 92.8 Å². The maximum absolute atomic E-state index is 12.9. The molecule has 0 aliphatic carbocycles. The summed E-state index contributed by atoms with van der Waals surface area (Å²) in [6, 6.07) is 15.4. The van der Waals surface area contributed by atoms with Crippen LogP contribution in [0.3, 0.4) is 0 Å². The van der Waals surface area contributed by atoms with E-state index in [-0.39, 0.29) is 17.1 Å². The van der Waals surface area contributed by atoms with E-state index >= 15 is 0 Å². The largest absolute Gasteiger partial charge is 0.457 e. The first-order valence-electron chi connectivity index (χ1n) is 9.17. The zero-order valence-electron chi connectivity index (χ0n) is 15.9. The zero-order chi connectivity index (χ0) is 21.1. The van der Waals surface area contributed by atoms with E-state index in [0.29, 0.717) is 28.7 Å². The summed E-state index contributed by atoms with van der Waals surface area (Å²) in [6.45, 7) is 1.90. The Balaban J connectivity index is 1.74. The predicted molar refractivity (Wildman–Crippen MR) is 116 cm³/mol. The number of fused-ring (bicyclic) bond motifs is 1. The van der Waals surface area contributed by atoms with Crippen molar-refractivity contribution in [3.63, 3.8) is 0 Å². The van der Waals surface area contributed by atoms with E-state index in [0.717, 1.165) is 4.47 Å². The van der Waals surface area contributed by atoms with Crippen molar-refractivity contribution < 1.29 is 13.9 Å². The van der Waals surface area contributed by atoms with Gasteiger partial charge in [0.05, 0.1) is 23.4 Å². The SMILES string of the molecule is CCc1nc2ccccc2c(=O)n1N=Cc1cc(Br)ccc1OC(=O)c1ccco1. The van der Waals surface area contributed by atoms with E-state index in [2.05, 4.69) is 26.0 Å². The molecule has 0 unspecified atom stereocenters. The number of carbonyl (C=O) groups is 1. The molecule has 150 valence electrons. The molecule has 0 aliphatic heterocycles. The average molecular weight is 466 g/mol. The van der Waals surface area contributed by atoms with Gasteiger partial charge in [0.2, 0.25) is 5.76 Å². The van der Waals surface area contributed by atoms with Crippen LogP contribution in [0.1, 0.15) is 28.9 Å². The number of para-hydroxylation sites is 1. The summed E-state index contributed by atoms with van der Waals surface area (Å²) in [4.78, 5) is 29.7. The van der Waals surface area contributed by atoms with E-state index in [1.54, 1.807) is 42.5 Å². The molecule has 0 N–H and O–H groups in total. The first-order chi connectivity index (χ1) is 14.6. The summed E-state index contributed by atoms with van der Waals surface area (Å²) in [5, 5.41) is 4.83. The van der Waals surface area contributed by atoms with Crippen molar-refractivity contribution >= 4 is 39.0 Å². The van der Waals surface area contributed by atoms with Gasteiger partial charge in [0.25, 0.3) is 5.56 Å². The van der Waals surface area contributed by atoms with Gasteiger partial charge in [0, 0.05) is 16.5 Å². The zero-order valence-corrected chi connectivity index (χ0v) is 17.5. The fourth-order valence-corrected chi connectivity index (χ4v) is 3.27. The highest BCUT2D eigenvalue weighted by molar-refractivity contribution is 9.10. The minimum atomic E-state index is -0.629. The van der Waals surface area contributed by atoms with Crippen LogP contribution >= 0.6 is 15.9 Å². The number of esters is 1. The van der Waals surface area contributed by atoms with Gasteiger partial charge < -0.3 is 9.15 Å². The first-order valence-corrected chi connectivity index (χ1v) is 9.96. The van der Waals surface area contributed by atoms with Crippen LogP contribution in [0.5, 0.6) is 5.75 Å². The molecule has 0 fully saturated rings. The van der Waals surface area contributed by atoms with E-state index in [1.165, 1.54) is 23.2 Å². The summed E-state index contributed by atoms with van der Waals surface area (Å²) < 4.78 is 12.5. The lowest BCUT2D eigenvalue weighted by atomic mass is 10.2. The highest BCUT2D eigenvalue weighted by Gasteiger charge is 2.14. The van der Waals surface area contributed by atoms with E-state index < -0.39 is 5.97 Å². The molecule has 4 aromatic rings. The van der Waals surface area contributed by atoms with Crippen molar-refractivity contribution in [2.24, 2.45) is 5.10 Å². The second-order valence-corrected chi connectivity index (χ2v) is 7.22. The van der Waals surface area contributed by atoms with Gasteiger partial charge in [-0.2, -0.15) is 9.78 Å². The maximum atomic E-state index is 12.9. The van der Waals surface area contributed by atoms with Crippen LogP contribution in [-0.2, 0) is 6.42 Å². The lowest BCUT2D eigenvalue weighted by Gasteiger charge is -2.09. The summed E-state index contributed by atoms with van der Waals surface area (Å²) in [5.41, 5.74) is 0.866. The van der Waals surface area contributed by atoms with Crippen molar-refractivity contribution in [2.45, 2.75) is 13.3 Å². The number of furan rings is 1. The van der Waals surface area contributed by atoms with Crippen LogP contribution in [0.4, 0.5) is 0 Å². The Hall–Kier alpha value is -3.52. The molecule has 0 saturated heterocycles. The molecule has 2 heterocycles. The predicted octanol–water partition coefficient (Wildman–Crippen LogP) is 4.42. The fourth-order valence-electron chi connectivity index (χ4n) is 2.90. The van der Waals surface area contributed by atoms with E-state index in [9.17, 15) is 9.59 Å². The quantitative estimate of drug-likeness (QED) is 0.247. The number of hydrogen-bond donors (Lipinski definition) is 0. The molecule has 0 radical (unpaired) electrons. The summed E-state index contributed by atoms with van der Waals surface area (Å²) >= 11 is 3.40. The third-order valence-electron chi connectivity index (χ3n) is 4.35. The number of aromatic nitrogens is 2. The minimum absolute atomic E-state index is 0.0871. The van der Waals surface area contributed by atoms with Gasteiger partial charge >= 0.3 is 5.97 Å². The van der Waals surface area contributed by atoms with Gasteiger partial charge in [-0.1, -0.05) is 35.0 Å². The Labute approximate surface area is 179 Å². The average Bonchev–Trinajstić information content (AvgIpc) is 3.29. The molecule has 8 heteroatoms.